The van der Waals surface area contributed by atoms with Crippen LogP contribution in [0.2, 0.25) is 0 Å². The molecule has 0 aliphatic carbocycles. The largest absolute Gasteiger partial charge is 0.389 e. The van der Waals surface area contributed by atoms with Crippen molar-refractivity contribution in [2.45, 2.75) is 0 Å². The second-order valence-electron chi connectivity index (χ2n) is 3.86. The van der Waals surface area contributed by atoms with Crippen LogP contribution in [0.15, 0.2) is 22.7 Å². The van der Waals surface area contributed by atoms with Gasteiger partial charge in [0.05, 0.1) is 0 Å². The van der Waals surface area contributed by atoms with E-state index in [1.54, 1.807) is 0 Å². The molecule has 0 saturated carbocycles. The van der Waals surface area contributed by atoms with Gasteiger partial charge in [-0.05, 0) is 18.2 Å². The van der Waals surface area contributed by atoms with Crippen LogP contribution >= 0.6 is 28.1 Å². The first-order valence-electron chi connectivity index (χ1n) is 5.27. The summed E-state index contributed by atoms with van der Waals surface area (Å²) in [7, 11) is -0.675. The zero-order valence-corrected chi connectivity index (χ0v) is 12.4. The summed E-state index contributed by atoms with van der Waals surface area (Å²) >= 11 is 8.51. The van der Waals surface area contributed by atoms with E-state index in [2.05, 4.69) is 20.8 Å². The van der Waals surface area contributed by atoms with E-state index in [9.17, 15) is 4.21 Å². The van der Waals surface area contributed by atoms with E-state index in [1.165, 1.54) is 0 Å². The molecule has 3 nitrogen and oxygen atoms in total. The van der Waals surface area contributed by atoms with E-state index in [-0.39, 0.29) is 0 Å². The highest BCUT2D eigenvalue weighted by molar-refractivity contribution is 9.10. The van der Waals surface area contributed by atoms with Crippen molar-refractivity contribution in [2.24, 2.45) is 5.73 Å². The van der Waals surface area contributed by atoms with Gasteiger partial charge in [0.25, 0.3) is 0 Å². The molecule has 0 amide bonds. The highest BCUT2D eigenvalue weighted by Crippen LogP contribution is 2.26. The van der Waals surface area contributed by atoms with E-state index in [4.69, 9.17) is 18.0 Å². The maximum Gasteiger partial charge on any atom is 0.106 e. The van der Waals surface area contributed by atoms with Gasteiger partial charge >= 0.3 is 0 Å². The molecule has 6 heteroatoms. The monoisotopic (exact) mass is 332 g/mol. The quantitative estimate of drug-likeness (QED) is 0.836. The van der Waals surface area contributed by atoms with Gasteiger partial charge in [0.1, 0.15) is 4.99 Å². The lowest BCUT2D eigenvalue weighted by Gasteiger charge is -2.30. The fourth-order valence-electron chi connectivity index (χ4n) is 1.85. The third kappa shape index (κ3) is 3.05. The van der Waals surface area contributed by atoms with Crippen molar-refractivity contribution in [1.82, 2.24) is 0 Å². The van der Waals surface area contributed by atoms with E-state index in [0.717, 1.165) is 28.8 Å². The van der Waals surface area contributed by atoms with Crippen molar-refractivity contribution in [2.75, 3.05) is 29.5 Å². The summed E-state index contributed by atoms with van der Waals surface area (Å²) in [6.45, 7) is 1.58. The minimum atomic E-state index is -0.675. The van der Waals surface area contributed by atoms with Gasteiger partial charge in [-0.15, -0.1) is 0 Å². The summed E-state index contributed by atoms with van der Waals surface area (Å²) in [6, 6.07) is 5.87. The van der Waals surface area contributed by atoms with Crippen LogP contribution in [0.4, 0.5) is 5.69 Å². The average molecular weight is 333 g/mol. The molecule has 92 valence electrons. The van der Waals surface area contributed by atoms with Crippen LogP contribution in [0, 0.1) is 0 Å². The molecule has 0 unspecified atom stereocenters. The molecule has 1 aromatic carbocycles. The third-order valence-electron chi connectivity index (χ3n) is 2.74. The van der Waals surface area contributed by atoms with Gasteiger partial charge in [-0.3, -0.25) is 4.21 Å². The van der Waals surface area contributed by atoms with Gasteiger partial charge in [-0.1, -0.05) is 28.1 Å². The number of nitrogens with zero attached hydrogens (tertiary/aromatic N) is 1. The Morgan fingerprint density at radius 2 is 2.06 bits per heavy atom. The van der Waals surface area contributed by atoms with Crippen molar-refractivity contribution in [3.8, 4) is 0 Å². The Labute approximate surface area is 117 Å². The Morgan fingerprint density at radius 1 is 1.41 bits per heavy atom. The molecule has 0 bridgehead atoms. The molecular weight excluding hydrogens is 320 g/mol. The molecule has 0 atom stereocenters. The average Bonchev–Trinajstić information content (AvgIpc) is 2.29. The predicted molar refractivity (Wildman–Crippen MR) is 80.1 cm³/mol. The first-order valence-corrected chi connectivity index (χ1v) is 7.96. The van der Waals surface area contributed by atoms with Gasteiger partial charge in [-0.2, -0.15) is 0 Å². The van der Waals surface area contributed by atoms with Crippen LogP contribution in [0.3, 0.4) is 0 Å². The standard InChI is InChI=1S/C11H13BrN2OS2/c12-8-1-2-9(11(13)16)10(7-8)14-3-5-17(15)6-4-14/h1-2,7H,3-6H2,(H2,13,16). The molecule has 0 spiro atoms. The number of thiocarbonyl (C=S) groups is 1. The Bertz CT molecular complexity index is 469. The van der Waals surface area contributed by atoms with Crippen molar-refractivity contribution >= 4 is 49.6 Å². The smallest absolute Gasteiger partial charge is 0.106 e. The number of hydrogen-bond donors (Lipinski definition) is 1. The highest BCUT2D eigenvalue weighted by atomic mass is 79.9. The molecule has 17 heavy (non-hydrogen) atoms. The van der Waals surface area contributed by atoms with Crippen LogP contribution in [0.1, 0.15) is 5.56 Å². The molecule has 2 N–H and O–H groups in total. The Morgan fingerprint density at radius 3 is 2.65 bits per heavy atom. The van der Waals surface area contributed by atoms with Crippen LogP contribution in [0.5, 0.6) is 0 Å². The van der Waals surface area contributed by atoms with Crippen molar-refractivity contribution in [3.63, 3.8) is 0 Å². The number of benzene rings is 1. The fourth-order valence-corrected chi connectivity index (χ4v) is 3.43. The highest BCUT2D eigenvalue weighted by Gasteiger charge is 2.19. The SMILES string of the molecule is NC(=S)c1ccc(Br)cc1N1CCS(=O)CC1. The van der Waals surface area contributed by atoms with E-state index in [1.807, 2.05) is 18.2 Å². The molecule has 1 aliphatic rings. The van der Waals surface area contributed by atoms with Gasteiger partial charge in [0, 0.05) is 51.1 Å². The van der Waals surface area contributed by atoms with Gasteiger partial charge in [-0.25, -0.2) is 0 Å². The van der Waals surface area contributed by atoms with Crippen LogP contribution in [-0.2, 0) is 10.8 Å². The Hall–Kier alpha value is -0.460. The van der Waals surface area contributed by atoms with Crippen LogP contribution in [0.25, 0.3) is 0 Å². The molecule has 1 heterocycles. The summed E-state index contributed by atoms with van der Waals surface area (Å²) in [4.78, 5) is 2.60. The predicted octanol–water partition coefficient (Wildman–Crippen LogP) is 1.65. The number of rotatable bonds is 2. The normalized spacial score (nSPS) is 17.1. The summed E-state index contributed by atoms with van der Waals surface area (Å²) in [6.07, 6.45) is 0. The molecule has 1 fully saturated rings. The van der Waals surface area contributed by atoms with E-state index >= 15 is 0 Å². The van der Waals surface area contributed by atoms with Gasteiger partial charge < -0.3 is 10.6 Å². The maximum absolute atomic E-state index is 11.4. The summed E-state index contributed by atoms with van der Waals surface area (Å²) < 4.78 is 12.3. The molecular formula is C11H13BrN2OS2. The Balaban J connectivity index is 2.33. The van der Waals surface area contributed by atoms with Crippen molar-refractivity contribution in [1.29, 1.82) is 0 Å². The maximum atomic E-state index is 11.4. The molecule has 1 saturated heterocycles. The number of nitrogens with two attached hydrogens (primary N) is 1. The number of hydrogen-bond acceptors (Lipinski definition) is 3. The minimum absolute atomic E-state index is 0.402. The summed E-state index contributed by atoms with van der Waals surface area (Å²) in [5.41, 5.74) is 7.64. The third-order valence-corrected chi connectivity index (χ3v) is 4.73. The lowest BCUT2D eigenvalue weighted by atomic mass is 10.1. The van der Waals surface area contributed by atoms with Crippen LogP contribution < -0.4 is 10.6 Å². The second-order valence-corrected chi connectivity index (χ2v) is 6.91. The van der Waals surface area contributed by atoms with E-state index < -0.39 is 10.8 Å². The van der Waals surface area contributed by atoms with Crippen molar-refractivity contribution in [3.05, 3.63) is 28.2 Å². The van der Waals surface area contributed by atoms with Crippen LogP contribution in [-0.4, -0.2) is 33.8 Å². The Kier molecular flexibility index (Phi) is 4.17. The summed E-state index contributed by atoms with van der Waals surface area (Å²) in [5.74, 6) is 1.42. The summed E-state index contributed by atoms with van der Waals surface area (Å²) in [5, 5.41) is 0. The minimum Gasteiger partial charge on any atom is -0.389 e. The molecule has 2 rings (SSSR count). The molecule has 1 aromatic rings. The molecule has 1 aliphatic heterocycles. The number of halogens is 1. The molecule has 0 aromatic heterocycles. The zero-order valence-electron chi connectivity index (χ0n) is 9.19. The van der Waals surface area contributed by atoms with Crippen molar-refractivity contribution < 1.29 is 4.21 Å². The lowest BCUT2D eigenvalue weighted by molar-refractivity contribution is 0.673. The second kappa shape index (κ2) is 5.46. The fraction of sp³-hybridized carbons (Fsp3) is 0.364. The number of anilines is 1. The van der Waals surface area contributed by atoms with Gasteiger partial charge in [0.15, 0.2) is 0 Å². The lowest BCUT2D eigenvalue weighted by Crippen LogP contribution is -2.38. The first-order chi connectivity index (χ1) is 8.08. The molecule has 0 radical (unpaired) electrons. The first kappa shape index (κ1) is 13.0. The zero-order chi connectivity index (χ0) is 12.4. The topological polar surface area (TPSA) is 46.3 Å². The van der Waals surface area contributed by atoms with E-state index in [0.29, 0.717) is 16.5 Å². The van der Waals surface area contributed by atoms with Gasteiger partial charge in [0.2, 0.25) is 0 Å².